The van der Waals surface area contributed by atoms with Crippen LogP contribution in [0.5, 0.6) is 0 Å². The summed E-state index contributed by atoms with van der Waals surface area (Å²) < 4.78 is 17.7. The fourth-order valence-electron chi connectivity index (χ4n) is 3.82. The molecule has 0 aliphatic rings. The summed E-state index contributed by atoms with van der Waals surface area (Å²) in [6, 6.07) is 18.2. The third-order valence-electron chi connectivity index (χ3n) is 5.73. The van der Waals surface area contributed by atoms with E-state index in [1.54, 1.807) is 62.5 Å². The van der Waals surface area contributed by atoms with E-state index >= 15 is 0 Å². The highest BCUT2D eigenvalue weighted by Gasteiger charge is 2.18. The fraction of sp³-hybridized carbons (Fsp3) is 0.133. The van der Waals surface area contributed by atoms with Crippen molar-refractivity contribution in [1.29, 1.82) is 0 Å². The van der Waals surface area contributed by atoms with Crippen molar-refractivity contribution in [3.63, 3.8) is 0 Å². The predicted molar refractivity (Wildman–Crippen MR) is 159 cm³/mol. The number of pyridine rings is 1. The first-order chi connectivity index (χ1) is 20.2. The minimum atomic E-state index is -3.47. The number of amides is 3. The molecule has 0 aliphatic carbocycles. The van der Waals surface area contributed by atoms with Crippen LogP contribution in [0.4, 0.5) is 5.69 Å². The van der Waals surface area contributed by atoms with Crippen LogP contribution in [0.25, 0.3) is 0 Å². The second kappa shape index (κ2) is 13.4. The molecular formula is C30H28N6O5S. The number of aliphatic hydroxyl groups is 1. The van der Waals surface area contributed by atoms with E-state index in [0.717, 1.165) is 11.1 Å². The van der Waals surface area contributed by atoms with Gasteiger partial charge in [0.15, 0.2) is 0 Å². The van der Waals surface area contributed by atoms with Gasteiger partial charge in [-0.25, -0.2) is 4.21 Å². The zero-order valence-electron chi connectivity index (χ0n) is 22.8. The number of aliphatic hydroxyl groups excluding tert-OH is 1. The monoisotopic (exact) mass is 584 g/mol. The number of rotatable bonds is 8. The third kappa shape index (κ3) is 7.69. The van der Waals surface area contributed by atoms with E-state index in [1.165, 1.54) is 35.3 Å². The standard InChI is InChI=1S/C30H28N6O5S/c1-21-15-27(36(2)34-21)30(40)33-25-8-6-7-22(17-25)11-12-23-16-24(19-31-18-23)29(39)35-42(41,20-28(38)32-13-14-37)26-9-4-3-5-10-26/h3-10,15-20,37H,13-14H2,1-2H3,(H,32,38)(H,33,40)(H,35,39,41). The molecule has 1 unspecified atom stereocenters. The number of anilines is 1. The lowest BCUT2D eigenvalue weighted by atomic mass is 10.1. The number of hydrogen-bond donors (Lipinski definition) is 4. The second-order valence-electron chi connectivity index (χ2n) is 9.02. The molecule has 0 fully saturated rings. The first kappa shape index (κ1) is 29.7. The zero-order valence-corrected chi connectivity index (χ0v) is 23.6. The molecular weight excluding hydrogens is 556 g/mol. The molecule has 11 nitrogen and oxygen atoms in total. The molecule has 2 heterocycles. The summed E-state index contributed by atoms with van der Waals surface area (Å²) in [6.07, 6.45) is 2.77. The third-order valence-corrected chi connectivity index (χ3v) is 7.74. The Bertz CT molecular complexity index is 1810. The quantitative estimate of drug-likeness (QED) is 0.181. The van der Waals surface area contributed by atoms with Crippen LogP contribution >= 0.6 is 0 Å². The van der Waals surface area contributed by atoms with Crippen molar-refractivity contribution >= 4 is 38.5 Å². The average Bonchev–Trinajstić information content (AvgIpc) is 3.33. The second-order valence-corrected chi connectivity index (χ2v) is 11.1. The van der Waals surface area contributed by atoms with Crippen molar-refractivity contribution in [2.24, 2.45) is 7.05 Å². The van der Waals surface area contributed by atoms with Crippen molar-refractivity contribution in [3.8, 4) is 11.8 Å². The predicted octanol–water partition coefficient (Wildman–Crippen LogP) is 1.67. The minimum absolute atomic E-state index is 0.0302. The largest absolute Gasteiger partial charge is 0.395 e. The van der Waals surface area contributed by atoms with E-state index in [2.05, 4.69) is 37.3 Å². The van der Waals surface area contributed by atoms with Crippen LogP contribution in [0, 0.1) is 18.8 Å². The molecule has 4 N–H and O–H groups in total. The first-order valence-electron chi connectivity index (χ1n) is 12.7. The number of aromatic nitrogens is 3. The molecule has 2 aromatic heterocycles. The number of benzene rings is 2. The van der Waals surface area contributed by atoms with Crippen LogP contribution in [-0.2, 0) is 21.5 Å². The molecule has 3 amide bonds. The molecule has 1 atom stereocenters. The Labute approximate surface area is 243 Å². The van der Waals surface area contributed by atoms with Gasteiger partial charge in [0, 0.05) is 42.8 Å². The van der Waals surface area contributed by atoms with Gasteiger partial charge >= 0.3 is 0 Å². The highest BCUT2D eigenvalue weighted by molar-refractivity contribution is 8.01. The number of hydrogen-bond acceptors (Lipinski definition) is 7. The summed E-state index contributed by atoms with van der Waals surface area (Å²) in [6.45, 7) is 1.49. The Kier molecular flexibility index (Phi) is 9.49. The Morgan fingerprint density at radius 2 is 1.74 bits per heavy atom. The molecule has 0 radical (unpaired) electrons. The Morgan fingerprint density at radius 3 is 2.45 bits per heavy atom. The molecule has 12 heteroatoms. The van der Waals surface area contributed by atoms with Gasteiger partial charge in [0.25, 0.3) is 17.7 Å². The van der Waals surface area contributed by atoms with Gasteiger partial charge < -0.3 is 15.7 Å². The van der Waals surface area contributed by atoms with Crippen LogP contribution in [0.15, 0.2) is 84.0 Å². The van der Waals surface area contributed by atoms with Gasteiger partial charge in [0.2, 0.25) is 0 Å². The first-order valence-corrected chi connectivity index (χ1v) is 14.3. The topological polar surface area (TPSA) is 155 Å². The molecule has 4 aromatic rings. The summed E-state index contributed by atoms with van der Waals surface area (Å²) in [5.41, 5.74) is 2.81. The normalized spacial score (nSPS) is 11.8. The molecule has 0 saturated heterocycles. The highest BCUT2D eigenvalue weighted by atomic mass is 32.2. The van der Waals surface area contributed by atoms with Crippen LogP contribution in [0.3, 0.4) is 0 Å². The van der Waals surface area contributed by atoms with E-state index in [4.69, 9.17) is 5.11 Å². The van der Waals surface area contributed by atoms with Crippen molar-refractivity contribution in [1.82, 2.24) is 24.8 Å². The fourth-order valence-corrected chi connectivity index (χ4v) is 5.47. The number of carbonyl (C=O) groups excluding carboxylic acids is 3. The van der Waals surface area contributed by atoms with Gasteiger partial charge in [-0.05, 0) is 49.4 Å². The van der Waals surface area contributed by atoms with Gasteiger partial charge in [0.1, 0.15) is 5.69 Å². The van der Waals surface area contributed by atoms with Crippen molar-refractivity contribution in [2.75, 3.05) is 18.5 Å². The molecule has 214 valence electrons. The summed E-state index contributed by atoms with van der Waals surface area (Å²) in [7, 11) is -1.78. The average molecular weight is 585 g/mol. The van der Waals surface area contributed by atoms with Gasteiger partial charge in [0.05, 0.1) is 37.8 Å². The Morgan fingerprint density at radius 1 is 0.976 bits per heavy atom. The maximum Gasteiger partial charge on any atom is 0.273 e. The van der Waals surface area contributed by atoms with Gasteiger partial charge in [-0.15, -0.1) is 0 Å². The van der Waals surface area contributed by atoms with Crippen molar-refractivity contribution < 1.29 is 23.7 Å². The number of aryl methyl sites for hydroxylation is 2. The Balaban J connectivity index is 1.53. The number of carbonyl (C=O) groups is 3. The van der Waals surface area contributed by atoms with E-state index in [-0.39, 0.29) is 29.5 Å². The van der Waals surface area contributed by atoms with Crippen LogP contribution in [-0.4, -0.2) is 60.3 Å². The maximum atomic E-state index is 13.8. The van der Waals surface area contributed by atoms with E-state index in [1.807, 2.05) is 0 Å². The molecule has 0 saturated carbocycles. The molecule has 0 bridgehead atoms. The lowest BCUT2D eigenvalue weighted by molar-refractivity contribution is -0.114. The van der Waals surface area contributed by atoms with Crippen LogP contribution in [0.1, 0.15) is 37.7 Å². The lowest BCUT2D eigenvalue weighted by Crippen LogP contribution is -2.37. The minimum Gasteiger partial charge on any atom is -0.395 e. The van der Waals surface area contributed by atoms with Gasteiger partial charge in [-0.1, -0.05) is 36.1 Å². The van der Waals surface area contributed by atoms with Crippen molar-refractivity contribution in [2.45, 2.75) is 11.8 Å². The van der Waals surface area contributed by atoms with E-state index in [0.29, 0.717) is 22.5 Å². The van der Waals surface area contributed by atoms with Gasteiger partial charge in [-0.2, -0.15) is 5.10 Å². The summed E-state index contributed by atoms with van der Waals surface area (Å²) in [5.74, 6) is 4.20. The smallest absolute Gasteiger partial charge is 0.273 e. The molecule has 0 aliphatic heterocycles. The number of nitrogens with one attached hydrogen (secondary N) is 3. The Hall–Kier alpha value is -5.25. The summed E-state index contributed by atoms with van der Waals surface area (Å²) >= 11 is 0. The van der Waals surface area contributed by atoms with Crippen LogP contribution < -0.4 is 15.4 Å². The number of nitrogens with zero attached hydrogens (tertiary/aromatic N) is 3. The zero-order chi connectivity index (χ0) is 30.1. The summed E-state index contributed by atoms with van der Waals surface area (Å²) in [4.78, 5) is 42.4. The molecule has 4 rings (SSSR count). The lowest BCUT2D eigenvalue weighted by Gasteiger charge is -2.14. The SMILES string of the molecule is Cc1cc(C(=O)Nc2cccc(C#Cc3cncc(C(=O)NS(=O)(=CC(=O)NCCO)c4ccccc4)c3)c2)n(C)n1. The molecule has 0 spiro atoms. The summed E-state index contributed by atoms with van der Waals surface area (Å²) in [5, 5.41) is 19.3. The van der Waals surface area contributed by atoms with Crippen LogP contribution in [0.2, 0.25) is 0 Å². The van der Waals surface area contributed by atoms with Crippen molar-refractivity contribution in [3.05, 3.63) is 107 Å². The van der Waals surface area contributed by atoms with E-state index < -0.39 is 21.5 Å². The molecule has 42 heavy (non-hydrogen) atoms. The molecule has 2 aromatic carbocycles. The van der Waals surface area contributed by atoms with E-state index in [9.17, 15) is 18.6 Å². The highest BCUT2D eigenvalue weighted by Crippen LogP contribution is 2.14. The maximum absolute atomic E-state index is 13.8. The van der Waals surface area contributed by atoms with Gasteiger partial charge in [-0.3, -0.25) is 28.8 Å².